The number of nitrogens with zero attached hydrogens (tertiary/aromatic N) is 3. The number of rotatable bonds is 4. The zero-order valence-corrected chi connectivity index (χ0v) is 18.4. The van der Waals surface area contributed by atoms with Crippen molar-refractivity contribution in [2.45, 2.75) is 31.8 Å². The van der Waals surface area contributed by atoms with Crippen molar-refractivity contribution in [2.75, 3.05) is 16.2 Å². The normalized spacial score (nSPS) is 13.9. The summed E-state index contributed by atoms with van der Waals surface area (Å²) in [5, 5.41) is 0. The number of benzene rings is 3. The molecule has 1 aromatic heterocycles. The lowest BCUT2D eigenvalue weighted by Crippen LogP contribution is -2.33. The molecule has 1 N–H and O–H groups in total. The number of sulfonamides is 1. The second kappa shape index (κ2) is 7.42. The fraction of sp³-hybridized carbons (Fsp3) is 0.208. The number of nitrogens with one attached hydrogen (secondary N) is 1. The van der Waals surface area contributed by atoms with E-state index in [-0.39, 0.29) is 4.90 Å². The third-order valence-electron chi connectivity index (χ3n) is 5.81. The van der Waals surface area contributed by atoms with Crippen LogP contribution in [0, 0.1) is 13.8 Å². The summed E-state index contributed by atoms with van der Waals surface area (Å²) >= 11 is 0. The average molecular weight is 433 g/mol. The Morgan fingerprint density at radius 1 is 0.935 bits per heavy atom. The first-order chi connectivity index (χ1) is 14.9. The number of hydrogen-bond donors (Lipinski definition) is 1. The van der Waals surface area contributed by atoms with Crippen molar-refractivity contribution >= 4 is 32.4 Å². The van der Waals surface area contributed by atoms with Crippen molar-refractivity contribution in [3.8, 4) is 0 Å². The minimum absolute atomic E-state index is 0.261. The maximum atomic E-state index is 12.7. The Hall–Kier alpha value is -3.32. The Morgan fingerprint density at radius 2 is 1.71 bits per heavy atom. The van der Waals surface area contributed by atoms with Gasteiger partial charge >= 0.3 is 0 Å². The van der Waals surface area contributed by atoms with Crippen LogP contribution in [0.2, 0.25) is 0 Å². The summed E-state index contributed by atoms with van der Waals surface area (Å²) in [5.74, 6) is 1.05. The minimum atomic E-state index is -3.62. The highest BCUT2D eigenvalue weighted by Crippen LogP contribution is 2.29. The quantitative estimate of drug-likeness (QED) is 0.517. The number of aryl methyl sites for hydroxylation is 2. The lowest BCUT2D eigenvalue weighted by Gasteiger charge is -2.30. The molecule has 3 aromatic carbocycles. The third-order valence-corrected chi connectivity index (χ3v) is 7.19. The summed E-state index contributed by atoms with van der Waals surface area (Å²) in [7, 11) is -3.62. The highest BCUT2D eigenvalue weighted by molar-refractivity contribution is 7.92. The van der Waals surface area contributed by atoms with Crippen LogP contribution in [0.1, 0.15) is 17.0 Å². The van der Waals surface area contributed by atoms with Gasteiger partial charge in [-0.2, -0.15) is 0 Å². The number of aromatic nitrogens is 2. The standard InChI is InChI=1S/C24H24N4O2S/c1-17-7-10-20(11-8-17)31(29,30)26-21-12-9-19(15-18(21)2)27-13-14-28-23-6-4-3-5-22(23)25-24(28)16-27/h3-12,15,26H,13-14,16H2,1-2H3. The molecule has 0 aliphatic carbocycles. The van der Waals surface area contributed by atoms with Gasteiger partial charge in [-0.3, -0.25) is 4.72 Å². The summed E-state index contributed by atoms with van der Waals surface area (Å²) in [4.78, 5) is 7.33. The van der Waals surface area contributed by atoms with E-state index in [2.05, 4.69) is 20.3 Å². The van der Waals surface area contributed by atoms with Crippen LogP contribution in [0.3, 0.4) is 0 Å². The van der Waals surface area contributed by atoms with Crippen LogP contribution < -0.4 is 9.62 Å². The molecule has 0 bridgehead atoms. The van der Waals surface area contributed by atoms with Crippen molar-refractivity contribution in [3.05, 3.63) is 83.7 Å². The van der Waals surface area contributed by atoms with Crippen LogP contribution in [0.4, 0.5) is 11.4 Å². The van der Waals surface area contributed by atoms with E-state index in [9.17, 15) is 8.42 Å². The fourth-order valence-corrected chi connectivity index (χ4v) is 5.20. The molecular formula is C24H24N4O2S. The van der Waals surface area contributed by atoms with Gasteiger partial charge in [0.2, 0.25) is 0 Å². The Bertz CT molecular complexity index is 1370. The molecule has 7 heteroatoms. The number of hydrogen-bond acceptors (Lipinski definition) is 4. The van der Waals surface area contributed by atoms with Crippen LogP contribution >= 0.6 is 0 Å². The van der Waals surface area contributed by atoms with Crippen LogP contribution in [0.25, 0.3) is 11.0 Å². The zero-order valence-electron chi connectivity index (χ0n) is 17.5. The summed E-state index contributed by atoms with van der Waals surface area (Å²) < 4.78 is 30.5. The maximum absolute atomic E-state index is 12.7. The lowest BCUT2D eigenvalue weighted by molar-refractivity contribution is 0.571. The number of para-hydroxylation sites is 2. The smallest absolute Gasteiger partial charge is 0.261 e. The predicted molar refractivity (Wildman–Crippen MR) is 124 cm³/mol. The van der Waals surface area contributed by atoms with Crippen molar-refractivity contribution in [1.82, 2.24) is 9.55 Å². The van der Waals surface area contributed by atoms with Crippen molar-refractivity contribution in [3.63, 3.8) is 0 Å². The van der Waals surface area contributed by atoms with Crippen LogP contribution in [-0.4, -0.2) is 24.5 Å². The number of anilines is 2. The van der Waals surface area contributed by atoms with E-state index in [1.54, 1.807) is 24.3 Å². The fourth-order valence-electron chi connectivity index (χ4n) is 4.07. The van der Waals surface area contributed by atoms with E-state index < -0.39 is 10.0 Å². The Labute approximate surface area is 182 Å². The molecule has 31 heavy (non-hydrogen) atoms. The van der Waals surface area contributed by atoms with E-state index in [0.29, 0.717) is 5.69 Å². The molecule has 2 heterocycles. The molecule has 0 saturated heterocycles. The largest absolute Gasteiger partial charge is 0.362 e. The van der Waals surface area contributed by atoms with Crippen LogP contribution in [0.5, 0.6) is 0 Å². The molecule has 158 valence electrons. The lowest BCUT2D eigenvalue weighted by atomic mass is 10.1. The summed E-state index contributed by atoms with van der Waals surface area (Å²) in [6.07, 6.45) is 0. The van der Waals surface area contributed by atoms with Crippen molar-refractivity contribution < 1.29 is 8.42 Å². The summed E-state index contributed by atoms with van der Waals surface area (Å²) in [6, 6.07) is 20.9. The molecule has 0 amide bonds. The number of fused-ring (bicyclic) bond motifs is 3. The zero-order chi connectivity index (χ0) is 21.6. The van der Waals surface area contributed by atoms with E-state index in [4.69, 9.17) is 4.98 Å². The highest BCUT2D eigenvalue weighted by Gasteiger charge is 2.21. The molecule has 4 aromatic rings. The van der Waals surface area contributed by atoms with E-state index in [1.165, 1.54) is 5.52 Å². The Morgan fingerprint density at radius 3 is 2.48 bits per heavy atom. The van der Waals surface area contributed by atoms with Gasteiger partial charge in [-0.15, -0.1) is 0 Å². The molecule has 0 radical (unpaired) electrons. The van der Waals surface area contributed by atoms with Gasteiger partial charge in [0.05, 0.1) is 28.2 Å². The molecule has 6 nitrogen and oxygen atoms in total. The van der Waals surface area contributed by atoms with Gasteiger partial charge in [-0.05, 0) is 61.9 Å². The average Bonchev–Trinajstić information content (AvgIpc) is 3.13. The summed E-state index contributed by atoms with van der Waals surface area (Å²) in [5.41, 5.74) is 5.76. The molecule has 0 unspecified atom stereocenters. The molecule has 0 spiro atoms. The Kier molecular flexibility index (Phi) is 4.70. The van der Waals surface area contributed by atoms with Gasteiger partial charge in [0.1, 0.15) is 5.82 Å². The maximum Gasteiger partial charge on any atom is 0.261 e. The molecule has 0 atom stereocenters. The van der Waals surface area contributed by atoms with Gasteiger partial charge in [0, 0.05) is 18.8 Å². The second-order valence-corrected chi connectivity index (χ2v) is 9.69. The van der Waals surface area contributed by atoms with Gasteiger partial charge in [0.25, 0.3) is 10.0 Å². The molecule has 1 aliphatic heterocycles. The Balaban J connectivity index is 1.38. The van der Waals surface area contributed by atoms with Gasteiger partial charge in [0.15, 0.2) is 0 Å². The van der Waals surface area contributed by atoms with Crippen LogP contribution in [-0.2, 0) is 23.1 Å². The second-order valence-electron chi connectivity index (χ2n) is 8.01. The van der Waals surface area contributed by atoms with Crippen molar-refractivity contribution in [2.24, 2.45) is 0 Å². The molecule has 0 saturated carbocycles. The van der Waals surface area contributed by atoms with Gasteiger partial charge < -0.3 is 9.47 Å². The molecule has 5 rings (SSSR count). The van der Waals surface area contributed by atoms with Crippen LogP contribution in [0.15, 0.2) is 71.6 Å². The van der Waals surface area contributed by atoms with Crippen molar-refractivity contribution in [1.29, 1.82) is 0 Å². The number of imidazole rings is 1. The van der Waals surface area contributed by atoms with E-state index >= 15 is 0 Å². The first-order valence-electron chi connectivity index (χ1n) is 10.3. The van der Waals surface area contributed by atoms with E-state index in [1.807, 2.05) is 50.2 Å². The van der Waals surface area contributed by atoms with Gasteiger partial charge in [-0.25, -0.2) is 13.4 Å². The SMILES string of the molecule is Cc1ccc(S(=O)(=O)Nc2ccc(N3CCn4c(nc5ccccc54)C3)cc2C)cc1. The third kappa shape index (κ3) is 3.65. The highest BCUT2D eigenvalue weighted by atomic mass is 32.2. The molecule has 1 aliphatic rings. The van der Waals surface area contributed by atoms with E-state index in [0.717, 1.165) is 47.8 Å². The summed E-state index contributed by atoms with van der Waals surface area (Å²) in [6.45, 7) is 6.33. The molecular weight excluding hydrogens is 408 g/mol. The first kappa shape index (κ1) is 19.6. The predicted octanol–water partition coefficient (Wildman–Crippen LogP) is 4.47. The topological polar surface area (TPSA) is 67.2 Å². The monoisotopic (exact) mass is 432 g/mol. The molecule has 0 fully saturated rings. The first-order valence-corrected chi connectivity index (χ1v) is 11.8. The minimum Gasteiger partial charge on any atom is -0.362 e. The van der Waals surface area contributed by atoms with Gasteiger partial charge in [-0.1, -0.05) is 29.8 Å².